The van der Waals surface area contributed by atoms with Crippen LogP contribution in [0.5, 0.6) is 0 Å². The Morgan fingerprint density at radius 2 is 2.25 bits per heavy atom. The number of rotatable bonds is 3. The third-order valence-corrected chi connectivity index (χ3v) is 2.51. The summed E-state index contributed by atoms with van der Waals surface area (Å²) in [6.45, 7) is 2.59. The highest BCUT2D eigenvalue weighted by Crippen LogP contribution is 1.95. The summed E-state index contributed by atoms with van der Waals surface area (Å²) in [4.78, 5) is 0. The maximum atomic E-state index is 10.6. The molecule has 0 aliphatic carbocycles. The maximum Gasteiger partial charge on any atom is 0.0328 e. The van der Waals surface area contributed by atoms with Gasteiger partial charge in [0.15, 0.2) is 0 Å². The summed E-state index contributed by atoms with van der Waals surface area (Å²) < 4.78 is 10.6. The van der Waals surface area contributed by atoms with E-state index in [1.165, 1.54) is 0 Å². The molecule has 0 radical (unpaired) electrons. The van der Waals surface area contributed by atoms with Gasteiger partial charge in [0.25, 0.3) is 0 Å². The highest BCUT2D eigenvalue weighted by atomic mass is 32.2. The van der Waals surface area contributed by atoms with Gasteiger partial charge in [0.1, 0.15) is 0 Å². The molecule has 0 saturated carbocycles. The Morgan fingerprint density at radius 1 is 1.75 bits per heavy atom. The molecule has 0 amide bonds. The smallest absolute Gasteiger partial charge is 0.0328 e. The SMILES string of the molecule is C[C@@H](CCN)[S@@](C)=O. The third kappa shape index (κ3) is 3.16. The van der Waals surface area contributed by atoms with Crippen LogP contribution in [-0.4, -0.2) is 22.3 Å². The maximum absolute atomic E-state index is 10.6. The van der Waals surface area contributed by atoms with Gasteiger partial charge in [-0.3, -0.25) is 4.21 Å². The minimum absolute atomic E-state index is 0.264. The van der Waals surface area contributed by atoms with Crippen LogP contribution in [0.4, 0.5) is 0 Å². The standard InChI is InChI=1S/C5H13NOS/c1-5(3-4-6)8(2)7/h5H,3-4,6H2,1-2H3/t5-,8+/m0/s1. The van der Waals surface area contributed by atoms with E-state index in [-0.39, 0.29) is 5.25 Å². The number of nitrogens with two attached hydrogens (primary N) is 1. The first-order valence-electron chi connectivity index (χ1n) is 2.70. The molecule has 0 aliphatic rings. The second-order valence-corrected chi connectivity index (χ2v) is 3.69. The molecule has 50 valence electrons. The summed E-state index contributed by atoms with van der Waals surface area (Å²) in [6, 6.07) is 0. The van der Waals surface area contributed by atoms with E-state index in [2.05, 4.69) is 0 Å². The average molecular weight is 135 g/mol. The van der Waals surface area contributed by atoms with Gasteiger partial charge in [-0.2, -0.15) is 0 Å². The fourth-order valence-corrected chi connectivity index (χ4v) is 0.869. The number of hydrogen-bond donors (Lipinski definition) is 1. The Kier molecular flexibility index (Phi) is 4.09. The summed E-state index contributed by atoms with van der Waals surface area (Å²) in [7, 11) is -0.690. The van der Waals surface area contributed by atoms with Crippen molar-refractivity contribution in [2.24, 2.45) is 5.73 Å². The second kappa shape index (κ2) is 4.04. The summed E-state index contributed by atoms with van der Waals surface area (Å²) in [5, 5.41) is 0.264. The van der Waals surface area contributed by atoms with Gasteiger partial charge in [-0.25, -0.2) is 0 Å². The highest BCUT2D eigenvalue weighted by molar-refractivity contribution is 7.84. The van der Waals surface area contributed by atoms with Gasteiger partial charge in [0, 0.05) is 22.3 Å². The molecule has 0 fully saturated rings. The predicted octanol–water partition coefficient (Wildman–Crippen LogP) is 0.102. The number of hydrogen-bond acceptors (Lipinski definition) is 2. The Balaban J connectivity index is 3.32. The molecule has 2 N–H and O–H groups in total. The van der Waals surface area contributed by atoms with E-state index < -0.39 is 10.8 Å². The lowest BCUT2D eigenvalue weighted by Crippen LogP contribution is -2.14. The summed E-state index contributed by atoms with van der Waals surface area (Å²) >= 11 is 0. The van der Waals surface area contributed by atoms with Crippen molar-refractivity contribution < 1.29 is 4.21 Å². The van der Waals surface area contributed by atoms with Crippen molar-refractivity contribution in [2.75, 3.05) is 12.8 Å². The zero-order valence-electron chi connectivity index (χ0n) is 5.39. The first-order valence-corrected chi connectivity index (χ1v) is 4.33. The van der Waals surface area contributed by atoms with E-state index in [0.717, 1.165) is 6.42 Å². The van der Waals surface area contributed by atoms with Gasteiger partial charge in [0.2, 0.25) is 0 Å². The van der Waals surface area contributed by atoms with Crippen LogP contribution >= 0.6 is 0 Å². The molecule has 0 spiro atoms. The van der Waals surface area contributed by atoms with E-state index in [9.17, 15) is 4.21 Å². The van der Waals surface area contributed by atoms with E-state index in [1.807, 2.05) is 6.92 Å². The summed E-state index contributed by atoms with van der Waals surface area (Å²) in [5.74, 6) is 0. The van der Waals surface area contributed by atoms with E-state index in [4.69, 9.17) is 5.73 Å². The summed E-state index contributed by atoms with van der Waals surface area (Å²) in [6.07, 6.45) is 2.57. The van der Waals surface area contributed by atoms with Crippen LogP contribution in [-0.2, 0) is 10.8 Å². The minimum Gasteiger partial charge on any atom is -0.330 e. The molecule has 2 nitrogen and oxygen atoms in total. The quantitative estimate of drug-likeness (QED) is 0.596. The molecular formula is C5H13NOS. The van der Waals surface area contributed by atoms with Crippen molar-refractivity contribution in [3.63, 3.8) is 0 Å². The highest BCUT2D eigenvalue weighted by Gasteiger charge is 2.02. The van der Waals surface area contributed by atoms with Crippen molar-refractivity contribution in [3.8, 4) is 0 Å². The minimum atomic E-state index is -0.690. The fourth-order valence-electron chi connectivity index (χ4n) is 0.401. The Hall–Kier alpha value is 0.110. The van der Waals surface area contributed by atoms with Crippen LogP contribution in [0.3, 0.4) is 0 Å². The first-order chi connectivity index (χ1) is 3.68. The fraction of sp³-hybridized carbons (Fsp3) is 1.00. The lowest BCUT2D eigenvalue weighted by molar-refractivity contribution is 0.670. The second-order valence-electron chi connectivity index (χ2n) is 1.89. The van der Waals surface area contributed by atoms with Gasteiger partial charge in [-0.05, 0) is 13.0 Å². The Labute approximate surface area is 52.9 Å². The van der Waals surface area contributed by atoms with Crippen LogP contribution in [0.15, 0.2) is 0 Å². The van der Waals surface area contributed by atoms with E-state index in [1.54, 1.807) is 6.26 Å². The predicted molar refractivity (Wildman–Crippen MR) is 37.2 cm³/mol. The average Bonchev–Trinajstić information content (AvgIpc) is 1.67. The monoisotopic (exact) mass is 135 g/mol. The van der Waals surface area contributed by atoms with Crippen LogP contribution < -0.4 is 5.73 Å². The normalized spacial score (nSPS) is 17.9. The van der Waals surface area contributed by atoms with E-state index in [0.29, 0.717) is 6.54 Å². The van der Waals surface area contributed by atoms with Gasteiger partial charge >= 0.3 is 0 Å². The van der Waals surface area contributed by atoms with Crippen molar-refractivity contribution in [2.45, 2.75) is 18.6 Å². The summed E-state index contributed by atoms with van der Waals surface area (Å²) in [5.41, 5.74) is 5.23. The van der Waals surface area contributed by atoms with E-state index >= 15 is 0 Å². The lowest BCUT2D eigenvalue weighted by Gasteiger charge is -2.03. The molecule has 0 aromatic carbocycles. The zero-order chi connectivity index (χ0) is 6.57. The van der Waals surface area contributed by atoms with Crippen molar-refractivity contribution >= 4 is 10.8 Å². The molecule has 0 heterocycles. The molecule has 0 unspecified atom stereocenters. The molecule has 0 saturated heterocycles. The largest absolute Gasteiger partial charge is 0.330 e. The topological polar surface area (TPSA) is 43.1 Å². The van der Waals surface area contributed by atoms with Crippen LogP contribution in [0.25, 0.3) is 0 Å². The zero-order valence-corrected chi connectivity index (χ0v) is 6.20. The first kappa shape index (κ1) is 8.11. The molecule has 8 heavy (non-hydrogen) atoms. The molecule has 0 rings (SSSR count). The van der Waals surface area contributed by atoms with Crippen LogP contribution in [0.1, 0.15) is 13.3 Å². The molecule has 0 bridgehead atoms. The molecule has 0 aromatic rings. The molecule has 0 aromatic heterocycles. The Bertz CT molecular complexity index is 84.5. The van der Waals surface area contributed by atoms with Crippen LogP contribution in [0, 0.1) is 0 Å². The molecule has 3 heteroatoms. The van der Waals surface area contributed by atoms with Gasteiger partial charge < -0.3 is 5.73 Å². The lowest BCUT2D eigenvalue weighted by atomic mass is 10.3. The van der Waals surface area contributed by atoms with Gasteiger partial charge in [-0.1, -0.05) is 6.92 Å². The Morgan fingerprint density at radius 3 is 2.38 bits per heavy atom. The molecule has 0 aliphatic heterocycles. The molecule has 2 atom stereocenters. The van der Waals surface area contributed by atoms with Crippen LogP contribution in [0.2, 0.25) is 0 Å². The van der Waals surface area contributed by atoms with Gasteiger partial charge in [-0.15, -0.1) is 0 Å². The van der Waals surface area contributed by atoms with Crippen molar-refractivity contribution in [3.05, 3.63) is 0 Å². The van der Waals surface area contributed by atoms with Crippen molar-refractivity contribution in [1.29, 1.82) is 0 Å². The molecular weight excluding hydrogens is 122 g/mol. The van der Waals surface area contributed by atoms with Gasteiger partial charge in [0.05, 0.1) is 0 Å². The van der Waals surface area contributed by atoms with Crippen molar-refractivity contribution in [1.82, 2.24) is 0 Å². The third-order valence-electron chi connectivity index (χ3n) is 1.14.